The molecule has 12 nitrogen and oxygen atoms in total. The van der Waals surface area contributed by atoms with E-state index >= 15 is 4.39 Å². The third-order valence-electron chi connectivity index (χ3n) is 5.33. The summed E-state index contributed by atoms with van der Waals surface area (Å²) in [6.07, 6.45) is -3.36. The summed E-state index contributed by atoms with van der Waals surface area (Å²) in [6.45, 7) is 1.08. The molecule has 2 heterocycles. The number of carbonyl (C=O) groups excluding carboxylic acids is 1. The maximum absolute atomic E-state index is 15.9. The number of hydrogen-bond donors (Lipinski definition) is 4. The van der Waals surface area contributed by atoms with Gasteiger partial charge in [0.1, 0.15) is 30.1 Å². The Morgan fingerprint density at radius 2 is 1.95 bits per heavy atom. The summed E-state index contributed by atoms with van der Waals surface area (Å²) in [6, 6.07) is 8.14. The van der Waals surface area contributed by atoms with Crippen LogP contribution in [-0.2, 0) is 30.6 Å². The number of H-pyrrole nitrogens is 1. The normalized spacial score (nSPS) is 28.0. The lowest BCUT2D eigenvalue weighted by Crippen LogP contribution is -2.50. The van der Waals surface area contributed by atoms with Crippen molar-refractivity contribution in [3.63, 3.8) is 0 Å². The Bertz CT molecular complexity index is 1270. The summed E-state index contributed by atoms with van der Waals surface area (Å²) in [4.78, 5) is 37.9. The fraction of sp³-hybridized carbons (Fsp3) is 0.500. The standard InChI is InChI=1S/C22H29FN3O9PS/c1-13(2)33-17(28)14(3)25-36(37,35-15-8-6-5-7-9-15)32-12-22(23)18(29)21(4,31)19(34-22)26-11-10-16(27)24-20(26)30/h5-11,13-14,18-19,29,31H,12H2,1-4H3,(H,25,37)(H,24,27,30)/t14-,18+,19-,21-,22-,36?/m1/s1. The van der Waals surface area contributed by atoms with Gasteiger partial charge in [-0.3, -0.25) is 19.1 Å². The van der Waals surface area contributed by atoms with E-state index in [-0.39, 0.29) is 5.75 Å². The Labute approximate surface area is 216 Å². The van der Waals surface area contributed by atoms with Gasteiger partial charge in [0.15, 0.2) is 6.23 Å². The molecular formula is C22H29FN3O9PS. The Hall–Kier alpha value is -2.45. The van der Waals surface area contributed by atoms with Crippen LogP contribution in [0.25, 0.3) is 0 Å². The zero-order valence-electron chi connectivity index (χ0n) is 20.5. The number of aromatic amines is 1. The zero-order chi connectivity index (χ0) is 27.6. The molecule has 0 aliphatic carbocycles. The summed E-state index contributed by atoms with van der Waals surface area (Å²) < 4.78 is 38.5. The lowest BCUT2D eigenvalue weighted by atomic mass is 9.95. The van der Waals surface area contributed by atoms with Crippen LogP contribution in [-0.4, -0.2) is 62.0 Å². The second-order valence-electron chi connectivity index (χ2n) is 8.91. The molecule has 37 heavy (non-hydrogen) atoms. The number of nitrogens with zero attached hydrogens (tertiary/aromatic N) is 1. The predicted molar refractivity (Wildman–Crippen MR) is 133 cm³/mol. The number of carbonyl (C=O) groups is 1. The van der Waals surface area contributed by atoms with Crippen molar-refractivity contribution in [1.82, 2.24) is 14.6 Å². The molecule has 6 atom stereocenters. The van der Waals surface area contributed by atoms with Gasteiger partial charge in [-0.15, -0.1) is 0 Å². The Balaban J connectivity index is 1.86. The molecule has 1 unspecified atom stereocenters. The average molecular weight is 562 g/mol. The fourth-order valence-corrected chi connectivity index (χ4v) is 5.91. The summed E-state index contributed by atoms with van der Waals surface area (Å²) >= 11 is 5.52. The summed E-state index contributed by atoms with van der Waals surface area (Å²) in [5.41, 5.74) is -4.04. The van der Waals surface area contributed by atoms with Crippen LogP contribution >= 0.6 is 6.64 Å². The first-order chi connectivity index (χ1) is 17.2. The quantitative estimate of drug-likeness (QED) is 0.243. The second-order valence-corrected chi connectivity index (χ2v) is 12.0. The molecule has 1 fully saturated rings. The number of rotatable bonds is 10. The lowest BCUT2D eigenvalue weighted by molar-refractivity contribution is -0.203. The number of esters is 1. The van der Waals surface area contributed by atoms with Crippen molar-refractivity contribution in [2.45, 2.75) is 63.6 Å². The highest BCUT2D eigenvalue weighted by Gasteiger charge is 2.63. The zero-order valence-corrected chi connectivity index (χ0v) is 22.2. The van der Waals surface area contributed by atoms with Gasteiger partial charge in [-0.25, -0.2) is 14.3 Å². The highest BCUT2D eigenvalue weighted by atomic mass is 32.5. The van der Waals surface area contributed by atoms with Crippen LogP contribution in [0.5, 0.6) is 5.75 Å². The molecule has 4 N–H and O–H groups in total. The number of halogens is 1. The highest BCUT2D eigenvalue weighted by Crippen LogP contribution is 2.50. The SMILES string of the molecule is CC(C)OC(=O)[C@@H](C)NP(=S)(OC[C@@]1(F)O[C@@H](n2ccc(=O)[nH]c2=O)[C@](C)(O)[C@@H]1O)Oc1ccccc1. The highest BCUT2D eigenvalue weighted by molar-refractivity contribution is 8.09. The molecule has 1 aromatic heterocycles. The molecule has 1 aromatic carbocycles. The van der Waals surface area contributed by atoms with Crippen LogP contribution in [0.2, 0.25) is 0 Å². The van der Waals surface area contributed by atoms with E-state index in [4.69, 9.17) is 30.3 Å². The van der Waals surface area contributed by atoms with Gasteiger partial charge >= 0.3 is 18.3 Å². The van der Waals surface area contributed by atoms with Gasteiger partial charge in [-0.05, 0) is 51.6 Å². The van der Waals surface area contributed by atoms with Crippen molar-refractivity contribution in [2.75, 3.05) is 6.61 Å². The van der Waals surface area contributed by atoms with E-state index in [0.717, 1.165) is 23.8 Å². The first-order valence-electron chi connectivity index (χ1n) is 11.2. The molecule has 1 saturated heterocycles. The van der Waals surface area contributed by atoms with E-state index < -0.39 is 66.4 Å². The molecule has 2 aromatic rings. The third kappa shape index (κ3) is 6.71. The van der Waals surface area contributed by atoms with Gasteiger partial charge < -0.3 is 28.7 Å². The largest absolute Gasteiger partial charge is 0.462 e. The average Bonchev–Trinajstić information content (AvgIpc) is 2.98. The first-order valence-corrected chi connectivity index (χ1v) is 13.9. The Morgan fingerprint density at radius 1 is 1.30 bits per heavy atom. The Kier molecular flexibility index (Phi) is 8.75. The molecule has 1 aliphatic rings. The predicted octanol–water partition coefficient (Wildman–Crippen LogP) is 1.09. The molecule has 0 amide bonds. The fourth-order valence-electron chi connectivity index (χ4n) is 3.51. The van der Waals surface area contributed by atoms with E-state index in [2.05, 4.69) is 5.09 Å². The molecule has 3 rings (SSSR count). The number of benzene rings is 1. The van der Waals surface area contributed by atoms with Crippen LogP contribution in [0.4, 0.5) is 4.39 Å². The Morgan fingerprint density at radius 3 is 2.54 bits per heavy atom. The molecule has 1 aliphatic heterocycles. The van der Waals surface area contributed by atoms with Crippen molar-refractivity contribution in [1.29, 1.82) is 0 Å². The van der Waals surface area contributed by atoms with Crippen molar-refractivity contribution in [2.24, 2.45) is 0 Å². The first kappa shape index (κ1) is 29.1. The number of alkyl halides is 1. The summed E-state index contributed by atoms with van der Waals surface area (Å²) in [7, 11) is 0. The van der Waals surface area contributed by atoms with Gasteiger partial charge in [-0.2, -0.15) is 0 Å². The maximum atomic E-state index is 15.9. The molecular weight excluding hydrogens is 532 g/mol. The van der Waals surface area contributed by atoms with Crippen molar-refractivity contribution < 1.29 is 37.9 Å². The van der Waals surface area contributed by atoms with Crippen molar-refractivity contribution >= 4 is 24.4 Å². The van der Waals surface area contributed by atoms with Crippen LogP contribution in [0.15, 0.2) is 52.2 Å². The second kappa shape index (κ2) is 11.1. The van der Waals surface area contributed by atoms with Gasteiger partial charge in [0.25, 0.3) is 11.4 Å². The minimum Gasteiger partial charge on any atom is -0.462 e. The van der Waals surface area contributed by atoms with Gasteiger partial charge in [0.05, 0.1) is 6.10 Å². The number of aliphatic hydroxyl groups excluding tert-OH is 1. The summed E-state index contributed by atoms with van der Waals surface area (Å²) in [5, 5.41) is 24.2. The van der Waals surface area contributed by atoms with Crippen molar-refractivity contribution in [3.8, 4) is 5.75 Å². The van der Waals surface area contributed by atoms with Crippen molar-refractivity contribution in [3.05, 3.63) is 63.4 Å². The number of aromatic nitrogens is 2. The minimum absolute atomic E-state index is 0.258. The van der Waals surface area contributed by atoms with Crippen LogP contribution in [0.1, 0.15) is 33.9 Å². The van der Waals surface area contributed by atoms with Gasteiger partial charge in [0.2, 0.25) is 0 Å². The number of nitrogens with one attached hydrogen (secondary N) is 2. The monoisotopic (exact) mass is 561 g/mol. The molecule has 0 bridgehead atoms. The topological polar surface area (TPSA) is 161 Å². The molecule has 204 valence electrons. The van der Waals surface area contributed by atoms with E-state index in [1.807, 2.05) is 4.98 Å². The smallest absolute Gasteiger partial charge is 0.330 e. The number of aliphatic hydroxyl groups is 2. The maximum Gasteiger partial charge on any atom is 0.330 e. The molecule has 0 spiro atoms. The van der Waals surface area contributed by atoms with E-state index in [1.165, 1.54) is 6.92 Å². The van der Waals surface area contributed by atoms with Crippen LogP contribution in [0.3, 0.4) is 0 Å². The van der Waals surface area contributed by atoms with E-state index in [9.17, 15) is 24.6 Å². The number of ether oxygens (including phenoxy) is 2. The molecule has 15 heteroatoms. The molecule has 0 saturated carbocycles. The van der Waals surface area contributed by atoms with Gasteiger partial charge in [0, 0.05) is 12.3 Å². The number of para-hydroxylation sites is 1. The summed E-state index contributed by atoms with van der Waals surface area (Å²) in [5.74, 6) is -3.47. The minimum atomic E-state index is -3.71. The van der Waals surface area contributed by atoms with E-state index in [1.54, 1.807) is 44.2 Å². The van der Waals surface area contributed by atoms with E-state index in [0.29, 0.717) is 0 Å². The van der Waals surface area contributed by atoms with Crippen LogP contribution < -0.4 is 20.9 Å². The third-order valence-corrected chi connectivity index (χ3v) is 7.81. The van der Waals surface area contributed by atoms with Gasteiger partial charge in [-0.1, -0.05) is 18.2 Å². The lowest BCUT2D eigenvalue weighted by Gasteiger charge is -2.30. The van der Waals surface area contributed by atoms with Crippen LogP contribution in [0, 0.1) is 0 Å². The number of hydrogen-bond acceptors (Lipinski definition) is 10. The molecule has 0 radical (unpaired) electrons.